The van der Waals surface area contributed by atoms with Gasteiger partial charge in [0, 0.05) is 32.4 Å². The predicted molar refractivity (Wildman–Crippen MR) is 69.0 cm³/mol. The van der Waals surface area contributed by atoms with E-state index < -0.39 is 0 Å². The van der Waals surface area contributed by atoms with Crippen LogP contribution < -0.4 is 5.73 Å². The van der Waals surface area contributed by atoms with Crippen LogP contribution >= 0.6 is 0 Å². The highest BCUT2D eigenvalue weighted by Crippen LogP contribution is 2.14. The highest BCUT2D eigenvalue weighted by atomic mass is 16.5. The van der Waals surface area contributed by atoms with Crippen LogP contribution in [0.25, 0.3) is 0 Å². The Bertz CT molecular complexity index is 348. The Kier molecular flexibility index (Phi) is 5.10. The van der Waals surface area contributed by atoms with Gasteiger partial charge in [0.1, 0.15) is 0 Å². The molecule has 1 aliphatic rings. The van der Waals surface area contributed by atoms with Crippen molar-refractivity contribution in [3.63, 3.8) is 0 Å². The maximum Gasteiger partial charge on any atom is 0.0962 e. The van der Waals surface area contributed by atoms with E-state index in [0.29, 0.717) is 12.5 Å². The molecular weight excluding hydrogens is 230 g/mol. The van der Waals surface area contributed by atoms with E-state index in [1.807, 2.05) is 10.9 Å². The first-order valence-electron chi connectivity index (χ1n) is 6.63. The Morgan fingerprint density at radius 3 is 3.17 bits per heavy atom. The number of nitrogens with two attached hydrogens (primary N) is 1. The molecule has 18 heavy (non-hydrogen) atoms. The van der Waals surface area contributed by atoms with Gasteiger partial charge in [-0.1, -0.05) is 5.21 Å². The number of hydrogen-bond donors (Lipinski definition) is 1. The molecule has 6 heteroatoms. The van der Waals surface area contributed by atoms with E-state index >= 15 is 0 Å². The number of nitrogens with zero attached hydrogens (tertiary/aromatic N) is 4. The van der Waals surface area contributed by atoms with Crippen molar-refractivity contribution in [2.24, 2.45) is 11.7 Å². The minimum absolute atomic E-state index is 0.454. The molecule has 2 heterocycles. The average molecular weight is 253 g/mol. The molecule has 1 aromatic rings. The molecule has 0 radical (unpaired) electrons. The van der Waals surface area contributed by atoms with Gasteiger partial charge in [-0.2, -0.15) is 0 Å². The second-order valence-electron chi connectivity index (χ2n) is 5.02. The highest BCUT2D eigenvalue weighted by molar-refractivity contribution is 4.90. The van der Waals surface area contributed by atoms with Gasteiger partial charge in [-0.05, 0) is 25.8 Å². The zero-order valence-electron chi connectivity index (χ0n) is 11.1. The molecule has 2 rings (SSSR count). The number of hydrogen-bond acceptors (Lipinski definition) is 5. The molecule has 1 fully saturated rings. The van der Waals surface area contributed by atoms with Crippen LogP contribution in [0.4, 0.5) is 0 Å². The molecule has 0 bridgehead atoms. The Morgan fingerprint density at radius 1 is 1.61 bits per heavy atom. The first-order chi connectivity index (χ1) is 8.78. The molecule has 1 aliphatic heterocycles. The smallest absolute Gasteiger partial charge is 0.0962 e. The minimum Gasteiger partial charge on any atom is -0.381 e. The second-order valence-corrected chi connectivity index (χ2v) is 5.02. The number of likely N-dealkylation sites (N-methyl/N-ethyl adjacent to an activating group) is 1. The number of rotatable bonds is 6. The number of aromatic nitrogens is 3. The quantitative estimate of drug-likeness (QED) is 0.778. The summed E-state index contributed by atoms with van der Waals surface area (Å²) in [7, 11) is 2.15. The van der Waals surface area contributed by atoms with Gasteiger partial charge in [-0.15, -0.1) is 5.10 Å². The van der Waals surface area contributed by atoms with E-state index in [1.165, 1.54) is 12.8 Å². The molecule has 0 amide bonds. The van der Waals surface area contributed by atoms with Crippen molar-refractivity contribution in [3.8, 4) is 0 Å². The molecule has 1 aromatic heterocycles. The molecule has 1 atom stereocenters. The van der Waals surface area contributed by atoms with Crippen molar-refractivity contribution in [1.29, 1.82) is 0 Å². The van der Waals surface area contributed by atoms with Gasteiger partial charge in [0.25, 0.3) is 0 Å². The first-order valence-corrected chi connectivity index (χ1v) is 6.63. The Morgan fingerprint density at radius 2 is 2.50 bits per heavy atom. The first kappa shape index (κ1) is 13.5. The maximum absolute atomic E-state index is 5.50. The zero-order chi connectivity index (χ0) is 12.8. The van der Waals surface area contributed by atoms with Crippen molar-refractivity contribution in [2.45, 2.75) is 25.9 Å². The van der Waals surface area contributed by atoms with E-state index in [1.54, 1.807) is 0 Å². The molecule has 0 spiro atoms. The molecule has 2 N–H and O–H groups in total. The minimum atomic E-state index is 0.454. The summed E-state index contributed by atoms with van der Waals surface area (Å²) in [5.74, 6) is 0.680. The standard InChI is InChI=1S/C12H23N5O/c1-16(8-11-3-2-6-18-10-11)4-5-17-9-12(7-13)14-15-17/h9,11H,2-8,10,13H2,1H3. The molecule has 1 unspecified atom stereocenters. The normalized spacial score (nSPS) is 20.5. The van der Waals surface area contributed by atoms with Crippen molar-refractivity contribution in [1.82, 2.24) is 19.9 Å². The third-order valence-corrected chi connectivity index (χ3v) is 3.33. The maximum atomic E-state index is 5.50. The van der Waals surface area contributed by atoms with E-state index in [-0.39, 0.29) is 0 Å². The van der Waals surface area contributed by atoms with Crippen LogP contribution in [0.1, 0.15) is 18.5 Å². The fourth-order valence-electron chi connectivity index (χ4n) is 2.30. The van der Waals surface area contributed by atoms with Crippen molar-refractivity contribution in [2.75, 3.05) is 33.4 Å². The van der Waals surface area contributed by atoms with Crippen LogP contribution in [0.2, 0.25) is 0 Å². The molecule has 1 saturated heterocycles. The lowest BCUT2D eigenvalue weighted by Gasteiger charge is -2.26. The van der Waals surface area contributed by atoms with Gasteiger partial charge in [-0.25, -0.2) is 0 Å². The van der Waals surface area contributed by atoms with Crippen LogP contribution in [-0.2, 0) is 17.8 Å². The summed E-state index contributed by atoms with van der Waals surface area (Å²) in [6.07, 6.45) is 4.39. The SMILES string of the molecule is CN(CCn1cc(CN)nn1)CC1CCCOC1. The van der Waals surface area contributed by atoms with Gasteiger partial charge in [-0.3, -0.25) is 4.68 Å². The van der Waals surface area contributed by atoms with Crippen LogP contribution in [0.15, 0.2) is 6.20 Å². The lowest BCUT2D eigenvalue weighted by molar-refractivity contribution is 0.0416. The van der Waals surface area contributed by atoms with Crippen molar-refractivity contribution < 1.29 is 4.74 Å². The second kappa shape index (κ2) is 6.82. The largest absolute Gasteiger partial charge is 0.381 e. The van der Waals surface area contributed by atoms with Crippen molar-refractivity contribution >= 4 is 0 Å². The fourth-order valence-corrected chi connectivity index (χ4v) is 2.30. The summed E-state index contributed by atoms with van der Waals surface area (Å²) < 4.78 is 7.35. The molecule has 0 aromatic carbocycles. The Balaban J connectivity index is 1.68. The van der Waals surface area contributed by atoms with E-state index in [4.69, 9.17) is 10.5 Å². The third kappa shape index (κ3) is 4.04. The lowest BCUT2D eigenvalue weighted by atomic mass is 10.0. The summed E-state index contributed by atoms with van der Waals surface area (Å²) in [6, 6.07) is 0. The third-order valence-electron chi connectivity index (χ3n) is 3.33. The van der Waals surface area contributed by atoms with E-state index in [9.17, 15) is 0 Å². The van der Waals surface area contributed by atoms with Crippen LogP contribution in [0, 0.1) is 5.92 Å². The topological polar surface area (TPSA) is 69.2 Å². The summed E-state index contributed by atoms with van der Waals surface area (Å²) in [5, 5.41) is 8.02. The fraction of sp³-hybridized carbons (Fsp3) is 0.833. The van der Waals surface area contributed by atoms with Gasteiger partial charge in [0.15, 0.2) is 0 Å². The van der Waals surface area contributed by atoms with Crippen molar-refractivity contribution in [3.05, 3.63) is 11.9 Å². The highest BCUT2D eigenvalue weighted by Gasteiger charge is 2.15. The van der Waals surface area contributed by atoms with Crippen LogP contribution in [0.3, 0.4) is 0 Å². The summed E-state index contributed by atoms with van der Waals surface area (Å²) in [6.45, 7) is 5.22. The van der Waals surface area contributed by atoms with Gasteiger partial charge in [0.2, 0.25) is 0 Å². The Hall–Kier alpha value is -0.980. The van der Waals surface area contributed by atoms with Crippen LogP contribution in [-0.4, -0.2) is 53.2 Å². The lowest BCUT2D eigenvalue weighted by Crippen LogP contribution is -2.33. The average Bonchev–Trinajstić information content (AvgIpc) is 2.85. The molecule has 102 valence electrons. The zero-order valence-corrected chi connectivity index (χ0v) is 11.1. The molecule has 0 aliphatic carbocycles. The molecule has 6 nitrogen and oxygen atoms in total. The van der Waals surface area contributed by atoms with Gasteiger partial charge >= 0.3 is 0 Å². The van der Waals surface area contributed by atoms with E-state index in [0.717, 1.165) is 38.5 Å². The summed E-state index contributed by atoms with van der Waals surface area (Å²) >= 11 is 0. The summed E-state index contributed by atoms with van der Waals surface area (Å²) in [5.41, 5.74) is 6.35. The Labute approximate surface area is 108 Å². The van der Waals surface area contributed by atoms with E-state index in [2.05, 4.69) is 22.3 Å². The molecule has 0 saturated carbocycles. The number of ether oxygens (including phenoxy) is 1. The summed E-state index contributed by atoms with van der Waals surface area (Å²) in [4.78, 5) is 2.34. The predicted octanol–water partition coefficient (Wildman–Crippen LogP) is 0.0952. The monoisotopic (exact) mass is 253 g/mol. The van der Waals surface area contributed by atoms with Gasteiger partial charge < -0.3 is 15.4 Å². The van der Waals surface area contributed by atoms with Gasteiger partial charge in [0.05, 0.1) is 18.8 Å². The van der Waals surface area contributed by atoms with Crippen LogP contribution in [0.5, 0.6) is 0 Å². The molecular formula is C12H23N5O.